The molecular weight excluding hydrogens is 508 g/mol. The zero-order valence-corrected chi connectivity index (χ0v) is 22.6. The van der Waals surface area contributed by atoms with Gasteiger partial charge in [0.25, 0.3) is 0 Å². The van der Waals surface area contributed by atoms with Crippen molar-refractivity contribution < 1.29 is 37.9 Å². The van der Waals surface area contributed by atoms with Crippen molar-refractivity contribution in [1.29, 1.82) is 0 Å². The normalized spacial score (nSPS) is 20.1. The molecule has 6 heteroatoms. The summed E-state index contributed by atoms with van der Waals surface area (Å²) in [4.78, 5) is 0. The average Bonchev–Trinajstić information content (AvgIpc) is 3.22. The van der Waals surface area contributed by atoms with Gasteiger partial charge in [-0.05, 0) is 0 Å². The van der Waals surface area contributed by atoms with Crippen molar-refractivity contribution in [3.05, 3.63) is 96.4 Å². The number of fused-ring (bicyclic) bond motifs is 1. The van der Waals surface area contributed by atoms with Gasteiger partial charge >= 0.3 is 196 Å². The Labute approximate surface area is 195 Å². The first-order valence-corrected chi connectivity index (χ1v) is 19.6. The van der Waals surface area contributed by atoms with E-state index in [1.54, 1.807) is 3.28 Å². The molecule has 32 heavy (non-hydrogen) atoms. The minimum absolute atomic E-state index is 0.161. The van der Waals surface area contributed by atoms with Crippen molar-refractivity contribution in [2.24, 2.45) is 5.92 Å². The van der Waals surface area contributed by atoms with Crippen LogP contribution in [-0.2, 0) is 20.4 Å². The molecule has 0 aromatic heterocycles. The fourth-order valence-corrected chi connectivity index (χ4v) is 24.8. The van der Waals surface area contributed by atoms with E-state index in [4.69, 9.17) is 0 Å². The fraction of sp³-hybridized carbons (Fsp3) is 0.308. The van der Waals surface area contributed by atoms with Gasteiger partial charge in [-0.1, -0.05) is 0 Å². The summed E-state index contributed by atoms with van der Waals surface area (Å²) in [5, 5.41) is 0. The predicted octanol–water partition coefficient (Wildman–Crippen LogP) is 7.86. The number of rotatable bonds is 3. The fourth-order valence-electron chi connectivity index (χ4n) is 5.15. The average molecular weight is 534 g/mol. The predicted molar refractivity (Wildman–Crippen MR) is 120 cm³/mol. The van der Waals surface area contributed by atoms with E-state index in [9.17, 15) is 17.6 Å². The van der Waals surface area contributed by atoms with Gasteiger partial charge < -0.3 is 0 Å². The summed E-state index contributed by atoms with van der Waals surface area (Å²) in [5.41, 5.74) is 5.73. The summed E-state index contributed by atoms with van der Waals surface area (Å²) in [6.45, 7) is 13.6. The third-order valence-electron chi connectivity index (χ3n) is 7.09. The van der Waals surface area contributed by atoms with Crippen LogP contribution in [0.15, 0.2) is 56.4 Å². The first-order chi connectivity index (χ1) is 15.1. The Balaban J connectivity index is 1.96. The molecule has 0 saturated carbocycles. The minimum atomic E-state index is -2.33. The van der Waals surface area contributed by atoms with E-state index in [0.29, 0.717) is 11.5 Å². The van der Waals surface area contributed by atoms with E-state index in [1.165, 1.54) is 16.7 Å². The van der Waals surface area contributed by atoms with E-state index in [0.717, 1.165) is 17.2 Å². The molecule has 0 N–H and O–H groups in total. The quantitative estimate of drug-likeness (QED) is 0.163. The second kappa shape index (κ2) is 8.68. The van der Waals surface area contributed by atoms with Crippen molar-refractivity contribution in [3.8, 4) is 0 Å². The molecule has 0 aliphatic heterocycles. The number of hydrogen-bond donors (Lipinski definition) is 0. The summed E-state index contributed by atoms with van der Waals surface area (Å²) < 4.78 is 58.3. The van der Waals surface area contributed by atoms with Gasteiger partial charge in [-0.3, -0.25) is 0 Å². The Morgan fingerprint density at radius 2 is 1.50 bits per heavy atom. The molecule has 2 atom stereocenters. The Bertz CT molecular complexity index is 1280. The Morgan fingerprint density at radius 3 is 2.09 bits per heavy atom. The molecule has 2 unspecified atom stereocenters. The van der Waals surface area contributed by atoms with Gasteiger partial charge in [0.2, 0.25) is 0 Å². The zero-order chi connectivity index (χ0) is 23.5. The van der Waals surface area contributed by atoms with Crippen LogP contribution in [0.3, 0.4) is 0 Å². The summed E-state index contributed by atoms with van der Waals surface area (Å²) in [6.07, 6.45) is 2.03. The number of hydrogen-bond acceptors (Lipinski definition) is 0. The summed E-state index contributed by atoms with van der Waals surface area (Å²) >= 11 is -2.33. The Hall–Kier alpha value is -1.52. The molecule has 0 fully saturated rings. The van der Waals surface area contributed by atoms with Gasteiger partial charge in [0.05, 0.1) is 0 Å². The summed E-state index contributed by atoms with van der Waals surface area (Å²) in [5.74, 6) is -5.81. The van der Waals surface area contributed by atoms with Crippen LogP contribution in [0, 0.1) is 29.2 Å². The second-order valence-corrected chi connectivity index (χ2v) is 26.4. The SMILES string of the molecule is CC1=C(C)C(C)[C]([Zr]([CH]2C=C(c3cc(F)c(F)c(F)c3F)c3ccccc32)=[Si](C)C)=C1C. The van der Waals surface area contributed by atoms with Crippen LogP contribution in [0.1, 0.15) is 48.0 Å². The van der Waals surface area contributed by atoms with E-state index >= 15 is 0 Å². The van der Waals surface area contributed by atoms with Crippen molar-refractivity contribution in [1.82, 2.24) is 0 Å². The monoisotopic (exact) mass is 532 g/mol. The molecule has 2 aromatic rings. The molecule has 0 heterocycles. The number of allylic oxidation sites excluding steroid dienone is 5. The van der Waals surface area contributed by atoms with Gasteiger partial charge in [-0.15, -0.1) is 0 Å². The standard InChI is InChI=1S/C15H7F4.C9H13.C2H6Si.Zr/c16-12-7-11(13(17)15(19)14(12)18)10-6-5-8-3-1-2-4-9(8)10;1-6-5-7(2)9(4)8(6)3;1-3-2;/h1-7H;6H,1-4H3;1-2H3;. The van der Waals surface area contributed by atoms with Gasteiger partial charge in [-0.25, -0.2) is 0 Å². The molecule has 0 saturated heterocycles. The summed E-state index contributed by atoms with van der Waals surface area (Å²) in [6, 6.07) is 8.56. The molecule has 0 radical (unpaired) electrons. The van der Waals surface area contributed by atoms with Gasteiger partial charge in [0, 0.05) is 0 Å². The Kier molecular flexibility index (Phi) is 6.41. The first kappa shape index (κ1) is 23.6. The van der Waals surface area contributed by atoms with Crippen LogP contribution in [0.5, 0.6) is 0 Å². The van der Waals surface area contributed by atoms with Gasteiger partial charge in [-0.2, -0.15) is 0 Å². The van der Waals surface area contributed by atoms with Crippen LogP contribution >= 0.6 is 0 Å². The molecule has 2 aliphatic rings. The third kappa shape index (κ3) is 3.58. The number of benzene rings is 2. The molecule has 2 aliphatic carbocycles. The second-order valence-electron chi connectivity index (χ2n) is 8.98. The molecular formula is C26H26F4SiZr. The molecule has 0 amide bonds. The maximum atomic E-state index is 14.8. The van der Waals surface area contributed by atoms with Crippen molar-refractivity contribution in [3.63, 3.8) is 0 Å². The van der Waals surface area contributed by atoms with Crippen molar-refractivity contribution >= 4 is 11.0 Å². The van der Waals surface area contributed by atoms with Crippen LogP contribution in [0.25, 0.3) is 5.57 Å². The van der Waals surface area contributed by atoms with Crippen molar-refractivity contribution in [2.45, 2.75) is 44.4 Å². The Morgan fingerprint density at radius 1 is 0.844 bits per heavy atom. The molecule has 2 aromatic carbocycles. The topological polar surface area (TPSA) is 0 Å². The molecule has 0 bridgehead atoms. The van der Waals surface area contributed by atoms with E-state index in [2.05, 4.69) is 46.9 Å². The number of halogens is 4. The maximum absolute atomic E-state index is 14.8. The molecule has 0 spiro atoms. The van der Waals surface area contributed by atoms with Crippen LogP contribution in [0.2, 0.25) is 13.1 Å². The van der Waals surface area contributed by atoms with Crippen molar-refractivity contribution in [2.75, 3.05) is 0 Å². The van der Waals surface area contributed by atoms with Crippen LogP contribution in [0.4, 0.5) is 17.6 Å². The van der Waals surface area contributed by atoms with Crippen LogP contribution < -0.4 is 0 Å². The molecule has 4 rings (SSSR count). The zero-order valence-electron chi connectivity index (χ0n) is 19.1. The first-order valence-electron chi connectivity index (χ1n) is 10.8. The molecule has 166 valence electrons. The molecule has 0 nitrogen and oxygen atoms in total. The van der Waals surface area contributed by atoms with Gasteiger partial charge in [0.15, 0.2) is 0 Å². The third-order valence-corrected chi connectivity index (χ3v) is 25.7. The van der Waals surface area contributed by atoms with E-state index in [-0.39, 0.29) is 9.19 Å². The van der Waals surface area contributed by atoms with E-state index in [1.807, 2.05) is 24.3 Å². The summed E-state index contributed by atoms with van der Waals surface area (Å²) in [7, 11) is 0. The van der Waals surface area contributed by atoms with Gasteiger partial charge in [0.1, 0.15) is 0 Å². The van der Waals surface area contributed by atoms with Crippen LogP contribution in [-0.4, -0.2) is 5.43 Å². The van der Waals surface area contributed by atoms with E-state index < -0.39 is 49.1 Å².